The van der Waals surface area contributed by atoms with Crippen LogP contribution >= 0.6 is 0 Å². The molecule has 8 heteroatoms. The molecule has 0 aliphatic carbocycles. The Kier molecular flexibility index (Phi) is 10.8. The van der Waals surface area contributed by atoms with Gasteiger partial charge in [-0.25, -0.2) is 0 Å². The summed E-state index contributed by atoms with van der Waals surface area (Å²) in [5, 5.41) is 55.9. The van der Waals surface area contributed by atoms with Crippen molar-refractivity contribution in [2.24, 2.45) is 0 Å². The fourth-order valence-corrected chi connectivity index (χ4v) is 14.2. The summed E-state index contributed by atoms with van der Waals surface area (Å²) < 4.78 is 9.07. The van der Waals surface area contributed by atoms with E-state index < -0.39 is 0 Å². The highest BCUT2D eigenvalue weighted by atomic mass is 15.1. The number of benzene rings is 13. The van der Waals surface area contributed by atoms with Gasteiger partial charge in [-0.2, -0.15) is 21.0 Å². The molecule has 17 aromatic rings. The van der Waals surface area contributed by atoms with Crippen molar-refractivity contribution in [3.05, 3.63) is 276 Å². The highest BCUT2D eigenvalue weighted by Crippen LogP contribution is 2.46. The Hall–Kier alpha value is -12.5. The summed E-state index contributed by atoms with van der Waals surface area (Å²) in [6, 6.07) is 94.7. The molecular formula is C80H46N8. The minimum absolute atomic E-state index is 0.294. The second kappa shape index (κ2) is 19.0. The van der Waals surface area contributed by atoms with E-state index in [2.05, 4.69) is 269 Å². The molecule has 8 nitrogen and oxygen atoms in total. The molecule has 4 heterocycles. The van der Waals surface area contributed by atoms with Crippen LogP contribution in [0.25, 0.3) is 154 Å². The number of nitrogens with zero attached hydrogens (tertiary/aromatic N) is 8. The van der Waals surface area contributed by atoms with E-state index in [1.807, 2.05) is 30.3 Å². The zero-order valence-electron chi connectivity index (χ0n) is 47.7. The third-order valence-corrected chi connectivity index (χ3v) is 18.2. The Labute approximate surface area is 504 Å². The van der Waals surface area contributed by atoms with Crippen LogP contribution in [0.2, 0.25) is 0 Å². The fourth-order valence-electron chi connectivity index (χ4n) is 14.2. The van der Waals surface area contributed by atoms with Gasteiger partial charge < -0.3 is 18.3 Å². The maximum atomic E-state index is 10.8. The van der Waals surface area contributed by atoms with Crippen LogP contribution in [0.1, 0.15) is 33.4 Å². The van der Waals surface area contributed by atoms with Gasteiger partial charge in [0.25, 0.3) is 0 Å². The van der Waals surface area contributed by atoms with E-state index in [1.54, 1.807) is 0 Å². The summed E-state index contributed by atoms with van der Waals surface area (Å²) in [6.45, 7) is 4.22. The van der Waals surface area contributed by atoms with Crippen molar-refractivity contribution in [1.82, 2.24) is 18.3 Å². The lowest BCUT2D eigenvalue weighted by Crippen LogP contribution is -2.05. The molecule has 17 rings (SSSR count). The molecule has 0 N–H and O–H groups in total. The van der Waals surface area contributed by atoms with Crippen LogP contribution in [-0.4, -0.2) is 18.3 Å². The summed E-state index contributed by atoms with van der Waals surface area (Å²) >= 11 is 0. The topological polar surface area (TPSA) is 115 Å². The van der Waals surface area contributed by atoms with Gasteiger partial charge in [-0.05, 0) is 161 Å². The SMILES string of the molecule is Cc1ccc2c(c1)c1cc(C)ccc1n2-c1cc(C#N)c(C#N)cc1-n1c2ccccc2c2c3cc(-c4ccc5c(c4)c4ccccc4n5-c4cc(C#N)c(C#N)cc4-n4c5ccc(-c6ccccc6)cc5c5c6ccccc6ccc54)ccc3ccc21. The molecule has 0 aliphatic rings. The van der Waals surface area contributed by atoms with E-state index in [4.69, 9.17) is 0 Å². The first-order valence-electron chi connectivity index (χ1n) is 29.3. The number of hydrogen-bond donors (Lipinski definition) is 0. The normalized spacial score (nSPS) is 11.7. The highest BCUT2D eigenvalue weighted by molar-refractivity contribution is 6.24. The van der Waals surface area contributed by atoms with Gasteiger partial charge in [0, 0.05) is 43.1 Å². The van der Waals surface area contributed by atoms with Crippen molar-refractivity contribution in [1.29, 1.82) is 21.0 Å². The first-order chi connectivity index (χ1) is 43.3. The quantitative estimate of drug-likeness (QED) is 0.165. The third kappa shape index (κ3) is 7.22. The third-order valence-electron chi connectivity index (χ3n) is 18.2. The zero-order valence-corrected chi connectivity index (χ0v) is 47.7. The van der Waals surface area contributed by atoms with E-state index in [1.165, 1.54) is 0 Å². The average molecular weight is 1120 g/mol. The first-order valence-corrected chi connectivity index (χ1v) is 29.3. The van der Waals surface area contributed by atoms with E-state index in [0.29, 0.717) is 22.3 Å². The minimum Gasteiger partial charge on any atom is -0.307 e. The Balaban J connectivity index is 0.877. The van der Waals surface area contributed by atoms with Crippen molar-refractivity contribution in [2.75, 3.05) is 0 Å². The number of hydrogen-bond acceptors (Lipinski definition) is 4. The number of para-hydroxylation sites is 2. The van der Waals surface area contributed by atoms with Crippen molar-refractivity contribution in [2.45, 2.75) is 13.8 Å². The monoisotopic (exact) mass is 1120 g/mol. The number of nitriles is 4. The molecule has 0 saturated heterocycles. The maximum absolute atomic E-state index is 10.8. The van der Waals surface area contributed by atoms with E-state index in [9.17, 15) is 21.0 Å². The van der Waals surface area contributed by atoms with E-state index >= 15 is 0 Å². The molecule has 13 aromatic carbocycles. The predicted octanol–water partition coefficient (Wildman–Crippen LogP) is 19.8. The van der Waals surface area contributed by atoms with Crippen LogP contribution in [0, 0.1) is 59.2 Å². The predicted molar refractivity (Wildman–Crippen MR) is 358 cm³/mol. The first kappa shape index (κ1) is 50.1. The van der Waals surface area contributed by atoms with Gasteiger partial charge in [-0.1, -0.05) is 151 Å². The lowest BCUT2D eigenvalue weighted by atomic mass is 9.97. The van der Waals surface area contributed by atoms with Gasteiger partial charge in [0.15, 0.2) is 0 Å². The molecular weight excluding hydrogens is 1070 g/mol. The molecule has 4 aromatic heterocycles. The fraction of sp³-hybridized carbons (Fsp3) is 0.0250. The van der Waals surface area contributed by atoms with Gasteiger partial charge in [0.2, 0.25) is 0 Å². The smallest absolute Gasteiger partial charge is 0.101 e. The summed E-state index contributed by atoms with van der Waals surface area (Å²) in [6.07, 6.45) is 0. The number of aromatic nitrogens is 4. The standard InChI is InChI=1S/C80H46N8/c1-47-20-28-69-63(34-47)64-35-48(2)21-29-70(64)86(69)76-40-56(44-82)57(45-83)41-77(76)87-68-19-11-9-17-61(68)80-62-36-53(23-22-51(62)25-33-74(80)87)54-27-30-71-65(37-54)60-16-8-10-18-67(60)85(71)75-39-55(43-81)58(46-84)42-78(75)88-72-31-26-52(49-12-4-3-5-13-49)38-66(72)79-59-15-7-6-14-50(59)24-32-73(79)88/h3-42H,1-2H3. The Bertz CT molecular complexity index is 6070. The van der Waals surface area contributed by atoms with Gasteiger partial charge in [0.1, 0.15) is 24.3 Å². The average Bonchev–Trinajstić information content (AvgIpc) is 1.61. The largest absolute Gasteiger partial charge is 0.307 e. The second-order valence-electron chi connectivity index (χ2n) is 23.0. The summed E-state index contributed by atoms with van der Waals surface area (Å²) in [4.78, 5) is 0. The van der Waals surface area contributed by atoms with Gasteiger partial charge in [-0.3, -0.25) is 0 Å². The molecule has 406 valence electrons. The number of rotatable bonds is 6. The lowest BCUT2D eigenvalue weighted by molar-refractivity contribution is 1.09. The van der Waals surface area contributed by atoms with Crippen molar-refractivity contribution >= 4 is 109 Å². The van der Waals surface area contributed by atoms with Crippen LogP contribution in [0.15, 0.2) is 243 Å². The van der Waals surface area contributed by atoms with Crippen LogP contribution < -0.4 is 0 Å². The molecule has 0 fully saturated rings. The highest BCUT2D eigenvalue weighted by Gasteiger charge is 2.26. The van der Waals surface area contributed by atoms with E-state index in [0.717, 1.165) is 165 Å². The molecule has 0 unspecified atom stereocenters. The number of aryl methyl sites for hydroxylation is 2. The maximum Gasteiger partial charge on any atom is 0.101 e. The Morgan fingerprint density at radius 1 is 0.239 bits per heavy atom. The van der Waals surface area contributed by atoms with Crippen molar-refractivity contribution < 1.29 is 0 Å². The van der Waals surface area contributed by atoms with Crippen LogP contribution in [0.5, 0.6) is 0 Å². The van der Waals surface area contributed by atoms with Gasteiger partial charge in [0.05, 0.1) is 89.1 Å². The summed E-state index contributed by atoms with van der Waals surface area (Å²) in [5.74, 6) is 0. The molecule has 88 heavy (non-hydrogen) atoms. The minimum atomic E-state index is 0.294. The second-order valence-corrected chi connectivity index (χ2v) is 23.0. The Morgan fingerprint density at radius 3 is 1.12 bits per heavy atom. The molecule has 0 aliphatic heterocycles. The van der Waals surface area contributed by atoms with Crippen LogP contribution in [0.3, 0.4) is 0 Å². The number of fused-ring (bicyclic) bond motifs is 16. The Morgan fingerprint density at radius 2 is 0.580 bits per heavy atom. The van der Waals surface area contributed by atoms with Crippen LogP contribution in [0.4, 0.5) is 0 Å². The molecule has 0 radical (unpaired) electrons. The summed E-state index contributed by atoms with van der Waals surface area (Å²) in [5.41, 5.74) is 18.8. The molecule has 0 bridgehead atoms. The van der Waals surface area contributed by atoms with Gasteiger partial charge >= 0.3 is 0 Å². The van der Waals surface area contributed by atoms with Crippen molar-refractivity contribution in [3.63, 3.8) is 0 Å². The lowest BCUT2D eigenvalue weighted by Gasteiger charge is -2.18. The molecule has 0 amide bonds. The van der Waals surface area contributed by atoms with Gasteiger partial charge in [-0.15, -0.1) is 0 Å². The molecule has 0 spiro atoms. The van der Waals surface area contributed by atoms with Crippen molar-refractivity contribution in [3.8, 4) is 69.3 Å². The zero-order chi connectivity index (χ0) is 59.1. The molecule has 0 saturated carbocycles. The summed E-state index contributed by atoms with van der Waals surface area (Å²) in [7, 11) is 0. The van der Waals surface area contributed by atoms with E-state index in [-0.39, 0.29) is 0 Å². The molecule has 0 atom stereocenters. The van der Waals surface area contributed by atoms with Crippen LogP contribution in [-0.2, 0) is 0 Å².